The van der Waals surface area contributed by atoms with Gasteiger partial charge in [0.15, 0.2) is 0 Å². The molecule has 2 amide bonds. The van der Waals surface area contributed by atoms with Crippen LogP contribution in [0.1, 0.15) is 53.3 Å². The Balaban J connectivity index is 2.08. The van der Waals surface area contributed by atoms with Gasteiger partial charge in [-0.1, -0.05) is 26.2 Å². The van der Waals surface area contributed by atoms with Crippen molar-refractivity contribution in [3.05, 3.63) is 35.1 Å². The highest BCUT2D eigenvalue weighted by atomic mass is 19.1. The summed E-state index contributed by atoms with van der Waals surface area (Å²) < 4.78 is 13.1. The van der Waals surface area contributed by atoms with Gasteiger partial charge in [0, 0.05) is 6.54 Å². The molecule has 0 aromatic heterocycles. The molecule has 1 aliphatic rings. The van der Waals surface area contributed by atoms with E-state index in [0.29, 0.717) is 12.1 Å². The molecular formula is C14H16FNO2. The molecule has 0 bridgehead atoms. The number of benzene rings is 1. The van der Waals surface area contributed by atoms with E-state index < -0.39 is 5.82 Å². The van der Waals surface area contributed by atoms with Crippen molar-refractivity contribution in [2.45, 2.75) is 32.6 Å². The number of carbonyl (C=O) groups is 2. The first-order valence-electron chi connectivity index (χ1n) is 6.31. The van der Waals surface area contributed by atoms with Gasteiger partial charge >= 0.3 is 0 Å². The van der Waals surface area contributed by atoms with Gasteiger partial charge < -0.3 is 0 Å². The average Bonchev–Trinajstić information content (AvgIpc) is 2.59. The molecule has 0 fully saturated rings. The summed E-state index contributed by atoms with van der Waals surface area (Å²) in [7, 11) is 0. The molecule has 0 radical (unpaired) electrons. The number of amides is 2. The SMILES string of the molecule is CCCCCCN1C(=O)c2ccc(F)cc2C1=O. The number of nitrogens with zero attached hydrogens (tertiary/aromatic N) is 1. The van der Waals surface area contributed by atoms with E-state index in [-0.39, 0.29) is 17.4 Å². The van der Waals surface area contributed by atoms with Crippen molar-refractivity contribution in [1.82, 2.24) is 4.90 Å². The van der Waals surface area contributed by atoms with Crippen LogP contribution in [-0.4, -0.2) is 23.3 Å². The Morgan fingerprint density at radius 1 is 1.06 bits per heavy atom. The summed E-state index contributed by atoms with van der Waals surface area (Å²) in [6.07, 6.45) is 4.01. The zero-order valence-electron chi connectivity index (χ0n) is 10.4. The zero-order chi connectivity index (χ0) is 13.1. The standard InChI is InChI=1S/C14H16FNO2/c1-2-3-4-5-8-16-13(17)11-7-6-10(15)9-12(11)14(16)18/h6-7,9H,2-5,8H2,1H3. The molecule has 4 heteroatoms. The van der Waals surface area contributed by atoms with E-state index in [0.717, 1.165) is 31.7 Å². The van der Waals surface area contributed by atoms with E-state index in [2.05, 4.69) is 6.92 Å². The van der Waals surface area contributed by atoms with Gasteiger partial charge in [-0.05, 0) is 24.6 Å². The third-order valence-electron chi connectivity index (χ3n) is 3.17. The van der Waals surface area contributed by atoms with Crippen LogP contribution in [-0.2, 0) is 0 Å². The maximum absolute atomic E-state index is 13.1. The lowest BCUT2D eigenvalue weighted by Crippen LogP contribution is -2.30. The Bertz CT molecular complexity index is 485. The molecule has 1 aromatic carbocycles. The molecule has 0 N–H and O–H groups in total. The Hall–Kier alpha value is -1.71. The molecule has 96 valence electrons. The van der Waals surface area contributed by atoms with Gasteiger partial charge in [-0.25, -0.2) is 4.39 Å². The Kier molecular flexibility index (Phi) is 3.75. The zero-order valence-corrected chi connectivity index (χ0v) is 10.4. The topological polar surface area (TPSA) is 37.4 Å². The quantitative estimate of drug-likeness (QED) is 0.594. The highest BCUT2D eigenvalue weighted by Crippen LogP contribution is 2.24. The average molecular weight is 249 g/mol. The third-order valence-corrected chi connectivity index (χ3v) is 3.17. The molecule has 1 aromatic rings. The second-order valence-electron chi connectivity index (χ2n) is 4.51. The van der Waals surface area contributed by atoms with E-state index in [9.17, 15) is 14.0 Å². The van der Waals surface area contributed by atoms with Crippen molar-refractivity contribution in [1.29, 1.82) is 0 Å². The number of rotatable bonds is 5. The second-order valence-corrected chi connectivity index (χ2v) is 4.51. The Labute approximate surface area is 106 Å². The molecule has 18 heavy (non-hydrogen) atoms. The monoisotopic (exact) mass is 249 g/mol. The van der Waals surface area contributed by atoms with Crippen LogP contribution < -0.4 is 0 Å². The molecule has 0 atom stereocenters. The Morgan fingerprint density at radius 2 is 1.78 bits per heavy atom. The van der Waals surface area contributed by atoms with E-state index in [1.165, 1.54) is 17.0 Å². The van der Waals surface area contributed by atoms with E-state index >= 15 is 0 Å². The smallest absolute Gasteiger partial charge is 0.261 e. The van der Waals surface area contributed by atoms with Gasteiger partial charge in [0.2, 0.25) is 0 Å². The summed E-state index contributed by atoms with van der Waals surface area (Å²) in [5.41, 5.74) is 0.507. The number of imide groups is 1. The van der Waals surface area contributed by atoms with E-state index in [4.69, 9.17) is 0 Å². The van der Waals surface area contributed by atoms with Gasteiger partial charge in [-0.2, -0.15) is 0 Å². The summed E-state index contributed by atoms with van der Waals surface area (Å²) in [6, 6.07) is 3.74. The van der Waals surface area contributed by atoms with Gasteiger partial charge in [0.1, 0.15) is 5.82 Å². The summed E-state index contributed by atoms with van der Waals surface area (Å²) in [5, 5.41) is 0. The molecule has 2 rings (SSSR count). The van der Waals surface area contributed by atoms with Gasteiger partial charge in [0.25, 0.3) is 11.8 Å². The van der Waals surface area contributed by atoms with Crippen LogP contribution >= 0.6 is 0 Å². The highest BCUT2D eigenvalue weighted by Gasteiger charge is 2.35. The fourth-order valence-electron chi connectivity index (χ4n) is 2.16. The number of hydrogen-bond acceptors (Lipinski definition) is 2. The van der Waals surface area contributed by atoms with Crippen LogP contribution in [0, 0.1) is 5.82 Å². The molecule has 0 saturated heterocycles. The van der Waals surface area contributed by atoms with Gasteiger partial charge in [-0.3, -0.25) is 14.5 Å². The number of hydrogen-bond donors (Lipinski definition) is 0. The predicted octanol–water partition coefficient (Wildman–Crippen LogP) is 3.00. The first kappa shape index (κ1) is 12.7. The first-order valence-corrected chi connectivity index (χ1v) is 6.31. The predicted molar refractivity (Wildman–Crippen MR) is 65.9 cm³/mol. The molecular weight excluding hydrogens is 233 g/mol. The summed E-state index contributed by atoms with van der Waals surface area (Å²) in [4.78, 5) is 25.1. The minimum Gasteiger partial charge on any atom is -0.274 e. The first-order chi connectivity index (χ1) is 8.65. The van der Waals surface area contributed by atoms with Crippen molar-refractivity contribution < 1.29 is 14.0 Å². The summed E-state index contributed by atoms with van der Waals surface area (Å²) >= 11 is 0. The Morgan fingerprint density at radius 3 is 2.50 bits per heavy atom. The van der Waals surface area contributed by atoms with Crippen LogP contribution in [0.4, 0.5) is 4.39 Å². The fraction of sp³-hybridized carbons (Fsp3) is 0.429. The molecule has 0 spiro atoms. The molecule has 1 heterocycles. The van der Waals surface area contributed by atoms with Crippen molar-refractivity contribution in [2.75, 3.05) is 6.54 Å². The molecule has 0 unspecified atom stereocenters. The van der Waals surface area contributed by atoms with Crippen molar-refractivity contribution in [3.8, 4) is 0 Å². The van der Waals surface area contributed by atoms with Gasteiger partial charge in [-0.15, -0.1) is 0 Å². The lowest BCUT2D eigenvalue weighted by Gasteiger charge is -2.13. The number of halogens is 1. The second kappa shape index (κ2) is 5.29. The maximum Gasteiger partial charge on any atom is 0.261 e. The third kappa shape index (κ3) is 2.28. The van der Waals surface area contributed by atoms with E-state index in [1.807, 2.05) is 0 Å². The minimum atomic E-state index is -0.484. The van der Waals surface area contributed by atoms with Crippen LogP contribution in [0.2, 0.25) is 0 Å². The van der Waals surface area contributed by atoms with Crippen LogP contribution in [0.15, 0.2) is 18.2 Å². The summed E-state index contributed by atoms with van der Waals surface area (Å²) in [6.45, 7) is 2.53. The highest BCUT2D eigenvalue weighted by molar-refractivity contribution is 6.21. The molecule has 0 aliphatic carbocycles. The van der Waals surface area contributed by atoms with Crippen LogP contribution in [0.25, 0.3) is 0 Å². The number of carbonyl (C=O) groups excluding carboxylic acids is 2. The number of fused-ring (bicyclic) bond motifs is 1. The maximum atomic E-state index is 13.1. The van der Waals surface area contributed by atoms with Crippen molar-refractivity contribution in [3.63, 3.8) is 0 Å². The van der Waals surface area contributed by atoms with Crippen molar-refractivity contribution in [2.24, 2.45) is 0 Å². The van der Waals surface area contributed by atoms with Crippen LogP contribution in [0.5, 0.6) is 0 Å². The lowest BCUT2D eigenvalue weighted by molar-refractivity contribution is 0.0651. The normalized spacial score (nSPS) is 14.2. The largest absolute Gasteiger partial charge is 0.274 e. The number of unbranched alkanes of at least 4 members (excludes halogenated alkanes) is 3. The summed E-state index contributed by atoms with van der Waals surface area (Å²) in [5.74, 6) is -1.15. The molecule has 1 aliphatic heterocycles. The van der Waals surface area contributed by atoms with Gasteiger partial charge in [0.05, 0.1) is 11.1 Å². The molecule has 3 nitrogen and oxygen atoms in total. The van der Waals surface area contributed by atoms with Crippen LogP contribution in [0.3, 0.4) is 0 Å². The lowest BCUT2D eigenvalue weighted by atomic mass is 10.1. The molecule has 0 saturated carbocycles. The fourth-order valence-corrected chi connectivity index (χ4v) is 2.16. The van der Waals surface area contributed by atoms with E-state index in [1.54, 1.807) is 0 Å². The minimum absolute atomic E-state index is 0.190. The van der Waals surface area contributed by atoms with Crippen molar-refractivity contribution >= 4 is 11.8 Å².